The van der Waals surface area contributed by atoms with Crippen molar-refractivity contribution >= 4 is 5.91 Å². The van der Waals surface area contributed by atoms with Crippen LogP contribution < -0.4 is 5.32 Å². The van der Waals surface area contributed by atoms with Gasteiger partial charge in [-0.15, -0.1) is 0 Å². The molecule has 2 atom stereocenters. The predicted octanol–water partition coefficient (Wildman–Crippen LogP) is 1.98. The topological polar surface area (TPSA) is 32.3 Å². The fraction of sp³-hybridized carbons (Fsp3) is 0.923. The van der Waals surface area contributed by atoms with Gasteiger partial charge >= 0.3 is 0 Å². The Hall–Kier alpha value is -0.570. The largest absolute Gasteiger partial charge is 0.326 e. The van der Waals surface area contributed by atoms with Crippen LogP contribution in [0.4, 0.5) is 0 Å². The molecule has 0 aromatic carbocycles. The Morgan fingerprint density at radius 3 is 2.50 bits per heavy atom. The zero-order chi connectivity index (χ0) is 11.9. The Kier molecular flexibility index (Phi) is 2.99. The van der Waals surface area contributed by atoms with Crippen LogP contribution in [0.5, 0.6) is 0 Å². The van der Waals surface area contributed by atoms with E-state index in [1.54, 1.807) is 0 Å². The van der Waals surface area contributed by atoms with Crippen LogP contribution in [0, 0.1) is 11.3 Å². The van der Waals surface area contributed by atoms with Gasteiger partial charge in [-0.1, -0.05) is 20.8 Å². The van der Waals surface area contributed by atoms with Crippen molar-refractivity contribution in [3.8, 4) is 0 Å². The van der Waals surface area contributed by atoms with E-state index in [-0.39, 0.29) is 12.2 Å². The maximum absolute atomic E-state index is 12.1. The second-order valence-corrected chi connectivity index (χ2v) is 5.79. The molecule has 92 valence electrons. The number of rotatable bonds is 4. The van der Waals surface area contributed by atoms with Gasteiger partial charge in [-0.3, -0.25) is 10.1 Å². The molecule has 3 heteroatoms. The fourth-order valence-corrected chi connectivity index (χ4v) is 2.77. The number of nitrogens with one attached hydrogen (secondary N) is 1. The first kappa shape index (κ1) is 11.9. The van der Waals surface area contributed by atoms with E-state index in [9.17, 15) is 4.79 Å². The molecule has 1 saturated carbocycles. The summed E-state index contributed by atoms with van der Waals surface area (Å²) >= 11 is 0. The van der Waals surface area contributed by atoms with E-state index in [0.29, 0.717) is 17.2 Å². The highest BCUT2D eigenvalue weighted by Crippen LogP contribution is 2.52. The molecular weight excluding hydrogens is 200 g/mol. The summed E-state index contributed by atoms with van der Waals surface area (Å²) in [6.07, 6.45) is 3.69. The highest BCUT2D eigenvalue weighted by molar-refractivity contribution is 5.84. The molecule has 1 aliphatic heterocycles. The molecule has 0 aromatic rings. The van der Waals surface area contributed by atoms with Crippen molar-refractivity contribution in [1.29, 1.82) is 0 Å². The molecule has 2 rings (SSSR count). The van der Waals surface area contributed by atoms with Crippen molar-refractivity contribution in [3.63, 3.8) is 0 Å². The lowest BCUT2D eigenvalue weighted by molar-refractivity contribution is -0.130. The summed E-state index contributed by atoms with van der Waals surface area (Å²) in [4.78, 5) is 14.2. The molecular formula is C13H24N2O. The van der Waals surface area contributed by atoms with Crippen molar-refractivity contribution in [3.05, 3.63) is 0 Å². The van der Waals surface area contributed by atoms with Crippen LogP contribution in [0.25, 0.3) is 0 Å². The number of carbonyl (C=O) groups excluding carboxylic acids is 1. The van der Waals surface area contributed by atoms with Gasteiger partial charge in [0.25, 0.3) is 0 Å². The smallest absolute Gasteiger partial charge is 0.241 e. The Bertz CT molecular complexity index is 284. The first-order valence-corrected chi connectivity index (χ1v) is 6.56. The Morgan fingerprint density at radius 1 is 1.50 bits per heavy atom. The van der Waals surface area contributed by atoms with Gasteiger partial charge in [-0.2, -0.15) is 0 Å². The summed E-state index contributed by atoms with van der Waals surface area (Å²) in [5, 5.41) is 3.37. The highest BCUT2D eigenvalue weighted by atomic mass is 16.2. The van der Waals surface area contributed by atoms with E-state index in [2.05, 4.69) is 37.9 Å². The summed E-state index contributed by atoms with van der Waals surface area (Å²) in [5.74, 6) is 0.995. The second-order valence-electron chi connectivity index (χ2n) is 5.79. The molecule has 2 fully saturated rings. The lowest BCUT2D eigenvalue weighted by Gasteiger charge is -2.29. The van der Waals surface area contributed by atoms with Crippen LogP contribution in [0.3, 0.4) is 0 Å². The van der Waals surface area contributed by atoms with Crippen LogP contribution in [0.2, 0.25) is 0 Å². The molecule has 1 amide bonds. The molecule has 3 nitrogen and oxygen atoms in total. The first-order valence-electron chi connectivity index (χ1n) is 6.56. The zero-order valence-electron chi connectivity index (χ0n) is 10.9. The van der Waals surface area contributed by atoms with E-state index in [0.717, 1.165) is 13.0 Å². The number of hydrogen-bond acceptors (Lipinski definition) is 2. The third kappa shape index (κ3) is 1.86. The van der Waals surface area contributed by atoms with Gasteiger partial charge < -0.3 is 4.90 Å². The molecule has 2 aliphatic rings. The van der Waals surface area contributed by atoms with E-state index in [1.165, 1.54) is 12.8 Å². The van der Waals surface area contributed by atoms with Crippen molar-refractivity contribution < 1.29 is 4.79 Å². The van der Waals surface area contributed by atoms with Gasteiger partial charge in [0.15, 0.2) is 0 Å². The van der Waals surface area contributed by atoms with Crippen LogP contribution in [0.1, 0.15) is 47.0 Å². The molecule has 1 N–H and O–H groups in total. The molecule has 0 spiro atoms. The third-order valence-electron chi connectivity index (χ3n) is 4.50. The molecule has 1 saturated heterocycles. The minimum atomic E-state index is 0.0537. The average Bonchev–Trinajstić information content (AvgIpc) is 2.97. The minimum Gasteiger partial charge on any atom is -0.326 e. The lowest BCUT2D eigenvalue weighted by Crippen LogP contribution is -2.40. The monoisotopic (exact) mass is 224 g/mol. The Balaban J connectivity index is 2.02. The van der Waals surface area contributed by atoms with Gasteiger partial charge in [0, 0.05) is 6.54 Å². The molecule has 2 unspecified atom stereocenters. The quantitative estimate of drug-likeness (QED) is 0.792. The standard InChI is InChI=1S/C13H24N2O/c1-5-11-12(16)15(10(4)14-11)8-13(6-7-13)9(2)3/h9-11,14H,5-8H2,1-4H3. The van der Waals surface area contributed by atoms with E-state index in [4.69, 9.17) is 0 Å². The van der Waals surface area contributed by atoms with Gasteiger partial charge in [0.2, 0.25) is 5.91 Å². The van der Waals surface area contributed by atoms with Crippen molar-refractivity contribution in [1.82, 2.24) is 10.2 Å². The maximum Gasteiger partial charge on any atom is 0.241 e. The first-order chi connectivity index (χ1) is 7.50. The van der Waals surface area contributed by atoms with E-state index >= 15 is 0 Å². The van der Waals surface area contributed by atoms with Crippen LogP contribution in [-0.4, -0.2) is 29.6 Å². The van der Waals surface area contributed by atoms with Crippen molar-refractivity contribution in [2.75, 3.05) is 6.54 Å². The number of amides is 1. The molecule has 0 bridgehead atoms. The van der Waals surface area contributed by atoms with Gasteiger partial charge in [-0.25, -0.2) is 0 Å². The van der Waals surface area contributed by atoms with Gasteiger partial charge in [0.05, 0.1) is 12.2 Å². The summed E-state index contributed by atoms with van der Waals surface area (Å²) in [6, 6.07) is 0.0537. The number of hydrogen-bond donors (Lipinski definition) is 1. The average molecular weight is 224 g/mol. The lowest BCUT2D eigenvalue weighted by atomic mass is 9.91. The maximum atomic E-state index is 12.1. The zero-order valence-corrected chi connectivity index (χ0v) is 10.9. The van der Waals surface area contributed by atoms with Crippen molar-refractivity contribution in [2.45, 2.75) is 59.2 Å². The molecule has 16 heavy (non-hydrogen) atoms. The minimum absolute atomic E-state index is 0.0537. The molecule has 0 aromatic heterocycles. The normalized spacial score (nSPS) is 32.6. The van der Waals surface area contributed by atoms with Crippen molar-refractivity contribution in [2.24, 2.45) is 11.3 Å². The molecule has 1 aliphatic carbocycles. The predicted molar refractivity (Wildman–Crippen MR) is 64.9 cm³/mol. The van der Waals surface area contributed by atoms with E-state index in [1.807, 2.05) is 0 Å². The Labute approximate surface area is 98.6 Å². The second kappa shape index (κ2) is 4.02. The Morgan fingerprint density at radius 2 is 2.12 bits per heavy atom. The summed E-state index contributed by atoms with van der Waals surface area (Å²) in [7, 11) is 0. The van der Waals surface area contributed by atoms with Gasteiger partial charge in [0.1, 0.15) is 0 Å². The molecule has 0 radical (unpaired) electrons. The summed E-state index contributed by atoms with van der Waals surface area (Å²) in [5.41, 5.74) is 0.425. The van der Waals surface area contributed by atoms with Crippen LogP contribution in [0.15, 0.2) is 0 Å². The fourth-order valence-electron chi connectivity index (χ4n) is 2.77. The summed E-state index contributed by atoms with van der Waals surface area (Å²) in [6.45, 7) is 9.69. The van der Waals surface area contributed by atoms with Crippen LogP contribution in [-0.2, 0) is 4.79 Å². The SMILES string of the molecule is CCC1NC(C)N(CC2(C(C)C)CC2)C1=O. The number of carbonyl (C=O) groups is 1. The number of nitrogens with zero attached hydrogens (tertiary/aromatic N) is 1. The van der Waals surface area contributed by atoms with Crippen LogP contribution >= 0.6 is 0 Å². The highest BCUT2D eigenvalue weighted by Gasteiger charge is 2.49. The molecule has 1 heterocycles. The third-order valence-corrected chi connectivity index (χ3v) is 4.50. The van der Waals surface area contributed by atoms with Gasteiger partial charge in [-0.05, 0) is 37.5 Å². The summed E-state index contributed by atoms with van der Waals surface area (Å²) < 4.78 is 0. The van der Waals surface area contributed by atoms with E-state index < -0.39 is 0 Å².